The summed E-state index contributed by atoms with van der Waals surface area (Å²) in [7, 11) is 0. The Morgan fingerprint density at radius 2 is 1.88 bits per heavy atom. The summed E-state index contributed by atoms with van der Waals surface area (Å²) in [6.07, 6.45) is 3.93. The lowest BCUT2D eigenvalue weighted by molar-refractivity contribution is -0.118. The van der Waals surface area contributed by atoms with Gasteiger partial charge in [-0.25, -0.2) is 4.79 Å². The van der Waals surface area contributed by atoms with Crippen LogP contribution in [-0.2, 0) is 9.53 Å². The summed E-state index contributed by atoms with van der Waals surface area (Å²) in [6.45, 7) is 8.25. The third-order valence-electron chi connectivity index (χ3n) is 3.87. The molecule has 2 aromatic rings. The Hall–Kier alpha value is -2.82. The summed E-state index contributed by atoms with van der Waals surface area (Å²) in [6, 6.07) is 9.48. The monoisotopic (exact) mass is 340 g/mol. The molecular weight excluding hydrogens is 316 g/mol. The molecule has 0 atom stereocenters. The van der Waals surface area contributed by atoms with Crippen LogP contribution in [0.2, 0.25) is 0 Å². The van der Waals surface area contributed by atoms with Gasteiger partial charge in [-0.15, -0.1) is 0 Å². The van der Waals surface area contributed by atoms with Crippen molar-refractivity contribution in [3.05, 3.63) is 58.9 Å². The number of rotatable bonds is 6. The molecule has 1 aromatic heterocycles. The third kappa shape index (κ3) is 4.59. The molecule has 0 fully saturated rings. The SMILES string of the molecule is CCOC(=O)c1ccc(-n2c(C)cc(C=CCNC(C)=O)c2C)cc1. The van der Waals surface area contributed by atoms with Gasteiger partial charge in [0, 0.05) is 30.5 Å². The van der Waals surface area contributed by atoms with Gasteiger partial charge in [0.1, 0.15) is 0 Å². The van der Waals surface area contributed by atoms with E-state index in [-0.39, 0.29) is 11.9 Å². The maximum atomic E-state index is 11.8. The number of esters is 1. The minimum absolute atomic E-state index is 0.0446. The van der Waals surface area contributed by atoms with Crippen LogP contribution in [0.3, 0.4) is 0 Å². The van der Waals surface area contributed by atoms with Crippen molar-refractivity contribution in [3.8, 4) is 5.69 Å². The Bertz CT molecular complexity index is 786. The minimum Gasteiger partial charge on any atom is -0.462 e. The highest BCUT2D eigenvalue weighted by Gasteiger charge is 2.11. The molecule has 0 saturated heterocycles. The van der Waals surface area contributed by atoms with E-state index in [4.69, 9.17) is 4.74 Å². The molecule has 25 heavy (non-hydrogen) atoms. The number of aryl methyl sites for hydroxylation is 1. The van der Waals surface area contributed by atoms with Gasteiger partial charge in [-0.05, 0) is 56.7 Å². The van der Waals surface area contributed by atoms with Crippen LogP contribution in [0, 0.1) is 13.8 Å². The third-order valence-corrected chi connectivity index (χ3v) is 3.87. The molecular formula is C20H24N2O3. The Morgan fingerprint density at radius 1 is 1.20 bits per heavy atom. The molecule has 1 amide bonds. The Labute approximate surface area is 148 Å². The second-order valence-electron chi connectivity index (χ2n) is 5.77. The lowest BCUT2D eigenvalue weighted by Crippen LogP contribution is -2.19. The van der Waals surface area contributed by atoms with Crippen LogP contribution in [0.25, 0.3) is 11.8 Å². The fourth-order valence-corrected chi connectivity index (χ4v) is 2.70. The summed E-state index contributed by atoms with van der Waals surface area (Å²) in [5.74, 6) is -0.353. The number of nitrogens with zero attached hydrogens (tertiary/aromatic N) is 1. The Balaban J connectivity index is 2.22. The fourth-order valence-electron chi connectivity index (χ4n) is 2.70. The molecule has 0 aliphatic heterocycles. The van der Waals surface area contributed by atoms with E-state index < -0.39 is 0 Å². The van der Waals surface area contributed by atoms with Crippen molar-refractivity contribution in [2.75, 3.05) is 13.2 Å². The zero-order valence-corrected chi connectivity index (χ0v) is 15.1. The Kier molecular flexibility index (Phi) is 6.17. The summed E-state index contributed by atoms with van der Waals surface area (Å²) in [4.78, 5) is 22.7. The van der Waals surface area contributed by atoms with Crippen molar-refractivity contribution in [1.82, 2.24) is 9.88 Å². The molecule has 0 bridgehead atoms. The van der Waals surface area contributed by atoms with Crippen molar-refractivity contribution in [1.29, 1.82) is 0 Å². The van der Waals surface area contributed by atoms with Gasteiger partial charge in [-0.2, -0.15) is 0 Å². The summed E-state index contributed by atoms with van der Waals surface area (Å²) >= 11 is 0. The molecule has 1 N–H and O–H groups in total. The van der Waals surface area contributed by atoms with Gasteiger partial charge in [0.2, 0.25) is 5.91 Å². The largest absolute Gasteiger partial charge is 0.462 e. The highest BCUT2D eigenvalue weighted by molar-refractivity contribution is 5.89. The standard InChI is InChI=1S/C20H24N2O3/c1-5-25-20(24)17-8-10-19(11-9-17)22-14(2)13-18(15(22)3)7-6-12-21-16(4)23/h6-11,13H,5,12H2,1-4H3,(H,21,23). The maximum absolute atomic E-state index is 11.8. The predicted molar refractivity (Wildman–Crippen MR) is 98.9 cm³/mol. The van der Waals surface area contributed by atoms with Crippen LogP contribution in [0.1, 0.15) is 41.2 Å². The van der Waals surface area contributed by atoms with Gasteiger partial charge in [-0.1, -0.05) is 12.2 Å². The number of ether oxygens (including phenoxy) is 1. The molecule has 5 heteroatoms. The average Bonchev–Trinajstić information content (AvgIpc) is 2.86. The van der Waals surface area contributed by atoms with Gasteiger partial charge >= 0.3 is 5.97 Å². The van der Waals surface area contributed by atoms with Crippen molar-refractivity contribution < 1.29 is 14.3 Å². The van der Waals surface area contributed by atoms with E-state index in [2.05, 4.69) is 16.0 Å². The molecule has 1 heterocycles. The van der Waals surface area contributed by atoms with Crippen molar-refractivity contribution in [2.45, 2.75) is 27.7 Å². The molecule has 0 unspecified atom stereocenters. The van der Waals surface area contributed by atoms with Crippen LogP contribution >= 0.6 is 0 Å². The molecule has 0 aliphatic carbocycles. The van der Waals surface area contributed by atoms with Crippen molar-refractivity contribution >= 4 is 18.0 Å². The number of aromatic nitrogens is 1. The zero-order valence-electron chi connectivity index (χ0n) is 15.1. The first-order valence-corrected chi connectivity index (χ1v) is 8.31. The van der Waals surface area contributed by atoms with Gasteiger partial charge < -0.3 is 14.6 Å². The van der Waals surface area contributed by atoms with E-state index in [1.165, 1.54) is 6.92 Å². The molecule has 5 nitrogen and oxygen atoms in total. The topological polar surface area (TPSA) is 60.3 Å². The van der Waals surface area contributed by atoms with E-state index in [1.54, 1.807) is 19.1 Å². The van der Waals surface area contributed by atoms with E-state index in [1.807, 2.05) is 38.1 Å². The number of carbonyl (C=O) groups is 2. The van der Waals surface area contributed by atoms with E-state index in [0.717, 1.165) is 22.6 Å². The quantitative estimate of drug-likeness (QED) is 0.820. The van der Waals surface area contributed by atoms with Crippen molar-refractivity contribution in [2.24, 2.45) is 0 Å². The lowest BCUT2D eigenvalue weighted by atomic mass is 10.2. The summed E-state index contributed by atoms with van der Waals surface area (Å²) in [5, 5.41) is 2.74. The number of benzene rings is 1. The number of hydrogen-bond acceptors (Lipinski definition) is 3. The molecule has 1 aromatic carbocycles. The van der Waals surface area contributed by atoms with Gasteiger partial charge in [0.25, 0.3) is 0 Å². The zero-order chi connectivity index (χ0) is 18.4. The van der Waals surface area contributed by atoms with Crippen LogP contribution in [0.15, 0.2) is 36.4 Å². The van der Waals surface area contributed by atoms with Crippen LogP contribution in [-0.4, -0.2) is 29.6 Å². The molecule has 132 valence electrons. The molecule has 0 spiro atoms. The minimum atomic E-state index is -0.309. The van der Waals surface area contributed by atoms with Gasteiger partial charge in [0.05, 0.1) is 12.2 Å². The summed E-state index contributed by atoms with van der Waals surface area (Å²) < 4.78 is 7.14. The van der Waals surface area contributed by atoms with Crippen LogP contribution in [0.5, 0.6) is 0 Å². The van der Waals surface area contributed by atoms with E-state index >= 15 is 0 Å². The van der Waals surface area contributed by atoms with Crippen molar-refractivity contribution in [3.63, 3.8) is 0 Å². The van der Waals surface area contributed by atoms with Crippen LogP contribution < -0.4 is 5.32 Å². The van der Waals surface area contributed by atoms with Gasteiger partial charge in [-0.3, -0.25) is 4.79 Å². The van der Waals surface area contributed by atoms with Gasteiger partial charge in [0.15, 0.2) is 0 Å². The first kappa shape index (κ1) is 18.5. The highest BCUT2D eigenvalue weighted by Crippen LogP contribution is 2.22. The van der Waals surface area contributed by atoms with Crippen LogP contribution in [0.4, 0.5) is 0 Å². The second kappa shape index (κ2) is 8.33. The smallest absolute Gasteiger partial charge is 0.338 e. The highest BCUT2D eigenvalue weighted by atomic mass is 16.5. The number of hydrogen-bond donors (Lipinski definition) is 1. The molecule has 0 aliphatic rings. The normalized spacial score (nSPS) is 10.9. The first-order valence-electron chi connectivity index (χ1n) is 8.31. The number of amides is 1. The fraction of sp³-hybridized carbons (Fsp3) is 0.300. The average molecular weight is 340 g/mol. The first-order chi connectivity index (χ1) is 11.9. The van der Waals surface area contributed by atoms with E-state index in [0.29, 0.717) is 18.7 Å². The molecule has 0 radical (unpaired) electrons. The second-order valence-corrected chi connectivity index (χ2v) is 5.77. The molecule has 0 saturated carbocycles. The number of carbonyl (C=O) groups excluding carboxylic acids is 2. The Morgan fingerprint density at radius 3 is 2.48 bits per heavy atom. The molecule has 2 rings (SSSR count). The predicted octanol–water partition coefficient (Wildman–Crippen LogP) is 3.42. The lowest BCUT2D eigenvalue weighted by Gasteiger charge is -2.10. The number of nitrogens with one attached hydrogen (secondary N) is 1. The van der Waals surface area contributed by atoms with E-state index in [9.17, 15) is 9.59 Å². The summed E-state index contributed by atoms with van der Waals surface area (Å²) in [5.41, 5.74) is 4.83. The maximum Gasteiger partial charge on any atom is 0.338 e.